The molecule has 2 aromatic heterocycles. The van der Waals surface area contributed by atoms with Crippen LogP contribution in [0.25, 0.3) is 0 Å². The molecule has 0 aromatic carbocycles. The summed E-state index contributed by atoms with van der Waals surface area (Å²) in [6.07, 6.45) is 4.04. The molecule has 0 bridgehead atoms. The maximum absolute atomic E-state index is 12.9. The minimum Gasteiger partial charge on any atom is -0.350 e. The maximum Gasteiger partial charge on any atom is 0.345 e. The summed E-state index contributed by atoms with van der Waals surface area (Å²) in [5.41, 5.74) is 0.909. The van der Waals surface area contributed by atoms with E-state index in [-0.39, 0.29) is 23.4 Å². The van der Waals surface area contributed by atoms with Gasteiger partial charge in [-0.05, 0) is 43.2 Å². The molecular formula is C20H28N6O3. The molecule has 9 nitrogen and oxygen atoms in total. The zero-order valence-corrected chi connectivity index (χ0v) is 17.1. The van der Waals surface area contributed by atoms with Gasteiger partial charge in [0.05, 0.1) is 0 Å². The smallest absolute Gasteiger partial charge is 0.345 e. The van der Waals surface area contributed by atoms with Crippen molar-refractivity contribution in [2.75, 3.05) is 19.6 Å². The molecule has 2 N–H and O–H groups in total. The fraction of sp³-hybridized carbons (Fsp3) is 0.550. The molecule has 3 rings (SSSR count). The molecule has 1 unspecified atom stereocenters. The first kappa shape index (κ1) is 20.8. The van der Waals surface area contributed by atoms with Crippen LogP contribution in [0.1, 0.15) is 53.4 Å². The number of likely N-dealkylation sites (tertiary alicyclic amines) is 1. The number of carbonyl (C=O) groups is 2. The topological polar surface area (TPSA) is 113 Å². The largest absolute Gasteiger partial charge is 0.350 e. The normalized spacial score (nSPS) is 16.8. The van der Waals surface area contributed by atoms with Crippen molar-refractivity contribution in [1.82, 2.24) is 30.0 Å². The Morgan fingerprint density at radius 3 is 2.86 bits per heavy atom. The number of amides is 2. The van der Waals surface area contributed by atoms with Crippen molar-refractivity contribution in [3.8, 4) is 0 Å². The number of hydrogen-bond acceptors (Lipinski definition) is 5. The van der Waals surface area contributed by atoms with E-state index in [0.717, 1.165) is 18.5 Å². The first-order valence-electron chi connectivity index (χ1n) is 9.99. The number of hydrogen-bond donors (Lipinski definition) is 2. The molecule has 1 saturated heterocycles. The molecule has 0 aliphatic carbocycles. The van der Waals surface area contributed by atoms with Crippen LogP contribution < -0.4 is 11.0 Å². The third-order valence-corrected chi connectivity index (χ3v) is 5.06. The van der Waals surface area contributed by atoms with Crippen LogP contribution in [0.15, 0.2) is 23.1 Å². The number of aromatic nitrogens is 4. The molecule has 1 aliphatic heterocycles. The van der Waals surface area contributed by atoms with Crippen molar-refractivity contribution in [2.45, 2.75) is 33.1 Å². The molecule has 1 aliphatic rings. The van der Waals surface area contributed by atoms with Gasteiger partial charge in [0.2, 0.25) is 0 Å². The number of carbonyl (C=O) groups excluding carboxylic acids is 2. The van der Waals surface area contributed by atoms with Gasteiger partial charge in [-0.25, -0.2) is 4.79 Å². The van der Waals surface area contributed by atoms with E-state index in [4.69, 9.17) is 0 Å². The van der Waals surface area contributed by atoms with Crippen LogP contribution in [0.3, 0.4) is 0 Å². The highest BCUT2D eigenvalue weighted by atomic mass is 16.2. The van der Waals surface area contributed by atoms with E-state index in [1.165, 1.54) is 4.68 Å². The van der Waals surface area contributed by atoms with Gasteiger partial charge in [0.15, 0.2) is 0 Å². The lowest BCUT2D eigenvalue weighted by atomic mass is 9.97. The quantitative estimate of drug-likeness (QED) is 0.751. The Labute approximate surface area is 169 Å². The number of rotatable bonds is 6. The van der Waals surface area contributed by atoms with Crippen LogP contribution in [0.4, 0.5) is 0 Å². The Hall–Kier alpha value is -2.97. The Balaban J connectivity index is 1.62. The lowest BCUT2D eigenvalue weighted by Crippen LogP contribution is -2.44. The van der Waals surface area contributed by atoms with Gasteiger partial charge in [0, 0.05) is 38.6 Å². The van der Waals surface area contributed by atoms with Crippen molar-refractivity contribution < 1.29 is 9.59 Å². The molecule has 1 atom stereocenters. The van der Waals surface area contributed by atoms with Crippen molar-refractivity contribution in [1.29, 1.82) is 0 Å². The van der Waals surface area contributed by atoms with E-state index in [0.29, 0.717) is 37.7 Å². The molecule has 29 heavy (non-hydrogen) atoms. The van der Waals surface area contributed by atoms with E-state index in [1.54, 1.807) is 30.3 Å². The fourth-order valence-corrected chi connectivity index (χ4v) is 3.67. The molecule has 3 heterocycles. The van der Waals surface area contributed by atoms with E-state index in [2.05, 4.69) is 34.2 Å². The summed E-state index contributed by atoms with van der Waals surface area (Å²) in [5.74, 6) is 0.104. The van der Waals surface area contributed by atoms with Crippen molar-refractivity contribution in [3.63, 3.8) is 0 Å². The van der Waals surface area contributed by atoms with Crippen LogP contribution in [0.5, 0.6) is 0 Å². The summed E-state index contributed by atoms with van der Waals surface area (Å²) in [4.78, 5) is 45.4. The second kappa shape index (κ2) is 9.02. The third-order valence-electron chi connectivity index (χ3n) is 5.06. The Morgan fingerprint density at radius 1 is 1.38 bits per heavy atom. The summed E-state index contributed by atoms with van der Waals surface area (Å²) >= 11 is 0. The maximum atomic E-state index is 12.9. The lowest BCUT2D eigenvalue weighted by Gasteiger charge is -2.32. The number of nitrogens with one attached hydrogen (secondary N) is 2. The number of aromatic amines is 1. The predicted molar refractivity (Wildman–Crippen MR) is 108 cm³/mol. The van der Waals surface area contributed by atoms with Crippen LogP contribution in [0.2, 0.25) is 0 Å². The Kier molecular flexibility index (Phi) is 6.46. The third kappa shape index (κ3) is 5.30. The molecule has 0 radical (unpaired) electrons. The molecule has 0 spiro atoms. The summed E-state index contributed by atoms with van der Waals surface area (Å²) < 4.78 is 1.53. The summed E-state index contributed by atoms with van der Waals surface area (Å²) in [6, 6.07) is 3.34. The SMILES string of the molecule is CC(C)Cc1cc(C(=O)N2CCCC(CNC(=O)c3ccnn3C)C2)nc(=O)[nH]1. The van der Waals surface area contributed by atoms with Gasteiger partial charge in [-0.3, -0.25) is 14.3 Å². The van der Waals surface area contributed by atoms with Crippen LogP contribution in [0, 0.1) is 11.8 Å². The van der Waals surface area contributed by atoms with Gasteiger partial charge >= 0.3 is 5.69 Å². The molecule has 9 heteroatoms. The van der Waals surface area contributed by atoms with Crippen LogP contribution in [-0.4, -0.2) is 56.1 Å². The van der Waals surface area contributed by atoms with E-state index in [9.17, 15) is 14.4 Å². The zero-order chi connectivity index (χ0) is 21.0. The van der Waals surface area contributed by atoms with E-state index >= 15 is 0 Å². The molecule has 2 amide bonds. The van der Waals surface area contributed by atoms with Gasteiger partial charge in [-0.15, -0.1) is 0 Å². The number of piperidine rings is 1. The average molecular weight is 400 g/mol. The second-order valence-corrected chi connectivity index (χ2v) is 8.00. The number of aryl methyl sites for hydroxylation is 1. The highest BCUT2D eigenvalue weighted by molar-refractivity contribution is 5.93. The first-order chi connectivity index (χ1) is 13.8. The summed E-state index contributed by atoms with van der Waals surface area (Å²) in [5, 5.41) is 6.93. The minimum absolute atomic E-state index is 0.155. The average Bonchev–Trinajstić information content (AvgIpc) is 3.10. The molecule has 0 saturated carbocycles. The lowest BCUT2D eigenvalue weighted by molar-refractivity contribution is 0.0664. The Morgan fingerprint density at radius 2 is 2.17 bits per heavy atom. The molecular weight excluding hydrogens is 372 g/mol. The van der Waals surface area contributed by atoms with Crippen LogP contribution in [-0.2, 0) is 13.5 Å². The molecule has 2 aromatic rings. The summed E-state index contributed by atoms with van der Waals surface area (Å²) in [7, 11) is 1.72. The highest BCUT2D eigenvalue weighted by Crippen LogP contribution is 2.18. The first-order valence-corrected chi connectivity index (χ1v) is 9.99. The van der Waals surface area contributed by atoms with Gasteiger partial charge in [-0.1, -0.05) is 13.8 Å². The van der Waals surface area contributed by atoms with Gasteiger partial charge in [0.25, 0.3) is 11.8 Å². The number of nitrogens with zero attached hydrogens (tertiary/aromatic N) is 4. The standard InChI is InChI=1S/C20H28N6O3/c1-13(2)9-15-10-16(24-20(29)23-15)19(28)26-8-4-5-14(12-26)11-21-18(27)17-6-7-22-25(17)3/h6-7,10,13-14H,4-5,8-9,11-12H2,1-3H3,(H,21,27)(H,23,24,29). The van der Waals surface area contributed by atoms with Gasteiger partial charge in [-0.2, -0.15) is 10.1 Å². The van der Waals surface area contributed by atoms with Crippen LogP contribution >= 0.6 is 0 Å². The zero-order valence-electron chi connectivity index (χ0n) is 17.1. The van der Waals surface area contributed by atoms with E-state index < -0.39 is 5.69 Å². The van der Waals surface area contributed by atoms with E-state index in [1.807, 2.05) is 0 Å². The summed E-state index contributed by atoms with van der Waals surface area (Å²) in [6.45, 7) is 5.73. The molecule has 1 fully saturated rings. The van der Waals surface area contributed by atoms with Crippen molar-refractivity contribution >= 4 is 11.8 Å². The predicted octanol–water partition coefficient (Wildman–Crippen LogP) is 0.984. The van der Waals surface area contributed by atoms with Crippen molar-refractivity contribution in [3.05, 3.63) is 45.9 Å². The second-order valence-electron chi connectivity index (χ2n) is 8.00. The monoisotopic (exact) mass is 400 g/mol. The highest BCUT2D eigenvalue weighted by Gasteiger charge is 2.26. The molecule has 156 valence electrons. The fourth-order valence-electron chi connectivity index (χ4n) is 3.67. The van der Waals surface area contributed by atoms with Crippen molar-refractivity contribution in [2.24, 2.45) is 18.9 Å². The number of H-pyrrole nitrogens is 1. The Bertz CT molecular complexity index is 932. The van der Waals surface area contributed by atoms with Gasteiger partial charge < -0.3 is 15.2 Å². The minimum atomic E-state index is -0.497. The van der Waals surface area contributed by atoms with Gasteiger partial charge in [0.1, 0.15) is 11.4 Å².